The Morgan fingerprint density at radius 1 is 1.20 bits per heavy atom. The first-order valence-corrected chi connectivity index (χ1v) is 16.1. The molecule has 0 amide bonds. The molecule has 6 atom stereocenters. The zero-order valence-corrected chi connectivity index (χ0v) is 23.8. The number of nitrogens with two attached hydrogens (primary N) is 3. The Kier molecular flexibility index (Phi) is 12.8. The van der Waals surface area contributed by atoms with Gasteiger partial charge in [-0.3, -0.25) is 13.9 Å². The van der Waals surface area contributed by atoms with Crippen molar-refractivity contribution in [3.05, 3.63) is 22.2 Å². The van der Waals surface area contributed by atoms with Crippen LogP contribution in [0.25, 0.3) is 0 Å². The van der Waals surface area contributed by atoms with Crippen LogP contribution in [0.1, 0.15) is 37.5 Å². The van der Waals surface area contributed by atoms with Crippen LogP contribution in [0.15, 0.2) is 11.0 Å². The molecular formula is C18H30N5O15P3. The highest BCUT2D eigenvalue weighted by molar-refractivity contribution is 7.66. The van der Waals surface area contributed by atoms with E-state index in [1.165, 1.54) is 0 Å². The lowest BCUT2D eigenvalue weighted by Gasteiger charge is -2.19. The molecule has 0 aromatic carbocycles. The Hall–Kier alpha value is -2.04. The van der Waals surface area contributed by atoms with Crippen molar-refractivity contribution in [2.24, 2.45) is 11.5 Å². The smallest absolute Gasteiger partial charge is 0.451 e. The summed E-state index contributed by atoms with van der Waals surface area (Å²) in [6.07, 6.45) is -1.36. The standard InChI is InChI=1S/C18H30N5O15P3/c19-6-2-1-5-12(20)17(25)34-7-3-4-11-9-23(18(26)22-16(11)21)15-8-13(24)14(36-15)10-35-40(30,31)38-41(32,33)37-39(27,28)29/h9,12-15,24H,1-2,5-8,10,19-20H2,(H,30,31)(H,32,33)(H2,21,22,26)(H2,27,28,29)/t12?,13-,14-,15?/m1/s1. The predicted octanol–water partition coefficient (Wildman–Crippen LogP) is -1.83. The molecule has 2 rings (SSSR count). The lowest BCUT2D eigenvalue weighted by atomic mass is 10.1. The van der Waals surface area contributed by atoms with Crippen molar-refractivity contribution in [1.29, 1.82) is 0 Å². The summed E-state index contributed by atoms with van der Waals surface area (Å²) in [6.45, 7) is -0.813. The summed E-state index contributed by atoms with van der Waals surface area (Å²) >= 11 is 0. The third-order valence-corrected chi connectivity index (χ3v) is 8.90. The van der Waals surface area contributed by atoms with Crippen molar-refractivity contribution in [2.45, 2.75) is 50.2 Å². The van der Waals surface area contributed by atoms with Gasteiger partial charge in [0.05, 0.1) is 18.3 Å². The molecule has 0 radical (unpaired) electrons. The second kappa shape index (κ2) is 14.9. The number of rotatable bonds is 14. The number of carbonyl (C=O) groups is 1. The molecule has 23 heteroatoms. The monoisotopic (exact) mass is 649 g/mol. The summed E-state index contributed by atoms with van der Waals surface area (Å²) in [5.74, 6) is 4.19. The van der Waals surface area contributed by atoms with E-state index < -0.39 is 66.2 Å². The zero-order chi connectivity index (χ0) is 31.0. The van der Waals surface area contributed by atoms with Crippen molar-refractivity contribution in [3.8, 4) is 11.8 Å². The number of ether oxygens (including phenoxy) is 2. The minimum atomic E-state index is -5.74. The number of phosphoric ester groups is 1. The normalized spacial score (nSPS) is 22.7. The number of unbranched alkanes of at least 4 members (excludes halogenated alkanes) is 1. The Bertz CT molecular complexity index is 1340. The molecule has 0 saturated carbocycles. The second-order valence-electron chi connectivity index (χ2n) is 8.35. The number of hydrogen-bond donors (Lipinski definition) is 8. The Balaban J connectivity index is 2.02. The Morgan fingerprint density at radius 2 is 1.88 bits per heavy atom. The third kappa shape index (κ3) is 12.0. The lowest BCUT2D eigenvalue weighted by Crippen LogP contribution is -2.32. The van der Waals surface area contributed by atoms with Crippen LogP contribution in [0.5, 0.6) is 0 Å². The Morgan fingerprint density at radius 3 is 2.51 bits per heavy atom. The van der Waals surface area contributed by atoms with Crippen molar-refractivity contribution < 1.29 is 65.8 Å². The summed E-state index contributed by atoms with van der Waals surface area (Å²) in [5.41, 5.74) is 16.0. The van der Waals surface area contributed by atoms with Crippen LogP contribution < -0.4 is 22.9 Å². The van der Waals surface area contributed by atoms with E-state index in [1.807, 2.05) is 0 Å². The summed E-state index contributed by atoms with van der Waals surface area (Å²) in [7, 11) is -16.8. The number of aliphatic hydroxyl groups is 1. The first-order valence-electron chi connectivity index (χ1n) is 11.5. The van der Waals surface area contributed by atoms with E-state index in [0.717, 1.165) is 10.8 Å². The molecule has 0 aliphatic carbocycles. The molecule has 0 spiro atoms. The average molecular weight is 649 g/mol. The SMILES string of the molecule is NCCCCC(N)C(=O)OCC#Cc1cn(C2C[C@@H](O)[C@@H](COP(=O)(O)OP(=O)(O)OP(=O)(O)O)O2)c(=O)nc1N. The molecule has 1 aromatic rings. The number of nitrogens with zero attached hydrogens (tertiary/aromatic N) is 2. The topological polar surface area (TPSA) is 329 Å². The van der Waals surface area contributed by atoms with E-state index in [2.05, 4.69) is 30.0 Å². The van der Waals surface area contributed by atoms with Gasteiger partial charge in [-0.1, -0.05) is 18.3 Å². The van der Waals surface area contributed by atoms with Crippen molar-refractivity contribution >= 4 is 35.3 Å². The number of hydrogen-bond acceptors (Lipinski definition) is 15. The highest BCUT2D eigenvalue weighted by Gasteiger charge is 2.43. The summed E-state index contributed by atoms with van der Waals surface area (Å²) in [5, 5.41) is 10.3. The van der Waals surface area contributed by atoms with Crippen LogP contribution in [-0.4, -0.2) is 78.2 Å². The molecule has 1 aliphatic rings. The van der Waals surface area contributed by atoms with Crippen LogP contribution in [0.4, 0.5) is 5.82 Å². The minimum Gasteiger partial charge on any atom is -0.451 e. The third-order valence-electron chi connectivity index (χ3n) is 5.10. The minimum absolute atomic E-state index is 0.0303. The van der Waals surface area contributed by atoms with E-state index in [0.29, 0.717) is 25.8 Å². The highest BCUT2D eigenvalue weighted by atomic mass is 31.3. The largest absolute Gasteiger partial charge is 0.490 e. The zero-order valence-electron chi connectivity index (χ0n) is 21.1. The summed E-state index contributed by atoms with van der Waals surface area (Å²) in [4.78, 5) is 63.8. The number of nitrogen functional groups attached to an aromatic ring is 1. The van der Waals surface area contributed by atoms with Crippen LogP contribution in [-0.2, 0) is 41.1 Å². The van der Waals surface area contributed by atoms with Gasteiger partial charge in [0, 0.05) is 12.6 Å². The first kappa shape index (κ1) is 35.2. The molecule has 41 heavy (non-hydrogen) atoms. The highest BCUT2D eigenvalue weighted by Crippen LogP contribution is 2.66. The summed E-state index contributed by atoms with van der Waals surface area (Å²) < 4.78 is 57.0. The molecule has 1 aliphatic heterocycles. The van der Waals surface area contributed by atoms with Gasteiger partial charge in [0.2, 0.25) is 0 Å². The van der Waals surface area contributed by atoms with E-state index in [1.54, 1.807) is 0 Å². The average Bonchev–Trinajstić information content (AvgIpc) is 3.19. The van der Waals surface area contributed by atoms with Crippen molar-refractivity contribution in [2.75, 3.05) is 25.5 Å². The van der Waals surface area contributed by atoms with Crippen molar-refractivity contribution in [1.82, 2.24) is 9.55 Å². The van der Waals surface area contributed by atoms with Gasteiger partial charge in [-0.05, 0) is 19.4 Å². The fourth-order valence-electron chi connectivity index (χ4n) is 3.26. The maximum absolute atomic E-state index is 12.4. The van der Waals surface area contributed by atoms with Crippen LogP contribution in [0, 0.1) is 11.8 Å². The van der Waals surface area contributed by atoms with E-state index in [-0.39, 0.29) is 24.4 Å². The molecule has 20 nitrogen and oxygen atoms in total. The number of esters is 1. The summed E-state index contributed by atoms with van der Waals surface area (Å²) in [6, 6.07) is -0.840. The molecule has 2 heterocycles. The molecule has 1 fully saturated rings. The van der Waals surface area contributed by atoms with Gasteiger partial charge in [-0.2, -0.15) is 13.6 Å². The van der Waals surface area contributed by atoms with Gasteiger partial charge in [0.25, 0.3) is 0 Å². The second-order valence-corrected chi connectivity index (χ2v) is 12.8. The molecule has 232 valence electrons. The quantitative estimate of drug-likeness (QED) is 0.0475. The van der Waals surface area contributed by atoms with Gasteiger partial charge >= 0.3 is 35.1 Å². The maximum Gasteiger partial charge on any atom is 0.490 e. The number of aromatic nitrogens is 2. The molecule has 0 bridgehead atoms. The lowest BCUT2D eigenvalue weighted by molar-refractivity contribution is -0.143. The van der Waals surface area contributed by atoms with Crippen LogP contribution in [0.3, 0.4) is 0 Å². The number of phosphoric acid groups is 3. The van der Waals surface area contributed by atoms with Crippen LogP contribution in [0.2, 0.25) is 0 Å². The Labute approximate surface area is 232 Å². The molecule has 1 aromatic heterocycles. The first-order chi connectivity index (χ1) is 18.9. The molecule has 1 saturated heterocycles. The van der Waals surface area contributed by atoms with Gasteiger partial charge in [-0.15, -0.1) is 0 Å². The molecular weight excluding hydrogens is 619 g/mol. The van der Waals surface area contributed by atoms with Gasteiger partial charge in [0.1, 0.15) is 24.2 Å². The number of aliphatic hydroxyl groups excluding tert-OH is 1. The predicted molar refractivity (Wildman–Crippen MR) is 136 cm³/mol. The number of carbonyl (C=O) groups excluding carboxylic acids is 1. The molecule has 4 unspecified atom stereocenters. The van der Waals surface area contributed by atoms with Gasteiger partial charge in [-0.25, -0.2) is 18.5 Å². The van der Waals surface area contributed by atoms with E-state index in [9.17, 15) is 38.2 Å². The maximum atomic E-state index is 12.4. The van der Waals surface area contributed by atoms with E-state index >= 15 is 0 Å². The fourth-order valence-corrected chi connectivity index (χ4v) is 6.29. The van der Waals surface area contributed by atoms with Crippen molar-refractivity contribution in [3.63, 3.8) is 0 Å². The van der Waals surface area contributed by atoms with Gasteiger partial charge < -0.3 is 51.4 Å². The van der Waals surface area contributed by atoms with Crippen LogP contribution >= 0.6 is 23.5 Å². The number of anilines is 1. The fraction of sp³-hybridized carbons (Fsp3) is 0.611. The van der Waals surface area contributed by atoms with E-state index in [4.69, 9.17) is 36.5 Å². The van der Waals surface area contributed by atoms with Gasteiger partial charge in [0.15, 0.2) is 6.61 Å². The molecule has 11 N–H and O–H groups in total.